The maximum Gasteiger partial charge on any atom is 0.251 e. The van der Waals surface area contributed by atoms with Crippen molar-refractivity contribution in [3.8, 4) is 0 Å². The highest BCUT2D eigenvalue weighted by Crippen LogP contribution is 2.20. The molecule has 1 amide bonds. The molecule has 0 spiro atoms. The largest absolute Gasteiger partial charge is 0.379 e. The number of rotatable bonds is 9. The summed E-state index contributed by atoms with van der Waals surface area (Å²) in [5, 5.41) is 9.61. The van der Waals surface area contributed by atoms with Gasteiger partial charge in [-0.05, 0) is 43.4 Å². The van der Waals surface area contributed by atoms with Gasteiger partial charge in [0.05, 0.1) is 12.6 Å². The second-order valence-electron chi connectivity index (χ2n) is 8.15. The fraction of sp³-hybridized carbons (Fsp3) is 0.636. The minimum absolute atomic E-state index is 0. The first kappa shape index (κ1) is 27.6. The molecule has 1 aromatic rings. The number of ether oxygens (including phenoxy) is 1. The van der Waals surface area contributed by atoms with Crippen molar-refractivity contribution in [2.75, 3.05) is 20.2 Å². The van der Waals surface area contributed by atoms with Crippen LogP contribution in [0.2, 0.25) is 0 Å². The zero-order valence-corrected chi connectivity index (χ0v) is 21.3. The highest BCUT2D eigenvalue weighted by molar-refractivity contribution is 14.0. The third-order valence-corrected chi connectivity index (χ3v) is 4.65. The van der Waals surface area contributed by atoms with E-state index in [0.717, 1.165) is 24.5 Å². The molecule has 2 atom stereocenters. The van der Waals surface area contributed by atoms with Crippen LogP contribution in [0.3, 0.4) is 0 Å². The molecule has 29 heavy (non-hydrogen) atoms. The highest BCUT2D eigenvalue weighted by atomic mass is 127. The zero-order chi connectivity index (χ0) is 21.2. The molecular weight excluding hydrogens is 479 g/mol. The summed E-state index contributed by atoms with van der Waals surface area (Å²) in [4.78, 5) is 17.0. The first-order chi connectivity index (χ1) is 13.2. The van der Waals surface area contributed by atoms with E-state index in [4.69, 9.17) is 4.74 Å². The van der Waals surface area contributed by atoms with Gasteiger partial charge in [0.2, 0.25) is 0 Å². The summed E-state index contributed by atoms with van der Waals surface area (Å²) < 4.78 is 5.60. The first-order valence-corrected chi connectivity index (χ1v) is 10.2. The number of hydrogen-bond donors (Lipinski definition) is 3. The predicted molar refractivity (Wildman–Crippen MR) is 132 cm³/mol. The van der Waals surface area contributed by atoms with Gasteiger partial charge >= 0.3 is 0 Å². The van der Waals surface area contributed by atoms with Crippen molar-refractivity contribution in [1.82, 2.24) is 16.0 Å². The van der Waals surface area contributed by atoms with Gasteiger partial charge in [-0.15, -0.1) is 24.0 Å². The lowest BCUT2D eigenvalue weighted by molar-refractivity contribution is 0.0205. The van der Waals surface area contributed by atoms with Gasteiger partial charge in [-0.25, -0.2) is 4.99 Å². The summed E-state index contributed by atoms with van der Waals surface area (Å²) >= 11 is 0. The lowest BCUT2D eigenvalue weighted by Crippen LogP contribution is -2.45. The van der Waals surface area contributed by atoms with Crippen molar-refractivity contribution in [2.45, 2.75) is 66.7 Å². The monoisotopic (exact) mass is 518 g/mol. The normalized spacial score (nSPS) is 13.8. The summed E-state index contributed by atoms with van der Waals surface area (Å²) in [6, 6.07) is 7.78. The van der Waals surface area contributed by atoms with Crippen LogP contribution in [0.4, 0.5) is 0 Å². The van der Waals surface area contributed by atoms with E-state index in [-0.39, 0.29) is 47.4 Å². The average molecular weight is 518 g/mol. The van der Waals surface area contributed by atoms with Crippen LogP contribution in [0.15, 0.2) is 29.3 Å². The minimum Gasteiger partial charge on any atom is -0.379 e. The Morgan fingerprint density at radius 1 is 1.21 bits per heavy atom. The summed E-state index contributed by atoms with van der Waals surface area (Å²) in [6.45, 7) is 14.5. The molecule has 0 aliphatic heterocycles. The highest BCUT2D eigenvalue weighted by Gasteiger charge is 2.24. The van der Waals surface area contributed by atoms with E-state index in [9.17, 15) is 4.79 Å². The number of carbonyl (C=O) groups is 1. The maximum absolute atomic E-state index is 12.3. The molecular formula is C22H39IN4O2. The molecule has 0 aliphatic carbocycles. The molecule has 6 nitrogen and oxygen atoms in total. The Hall–Kier alpha value is -1.35. The molecule has 0 fully saturated rings. The van der Waals surface area contributed by atoms with E-state index < -0.39 is 0 Å². The van der Waals surface area contributed by atoms with Crippen molar-refractivity contribution >= 4 is 35.8 Å². The second kappa shape index (κ2) is 13.8. The number of methoxy groups -OCH3 is 1. The van der Waals surface area contributed by atoms with Gasteiger partial charge in [-0.2, -0.15) is 0 Å². The summed E-state index contributed by atoms with van der Waals surface area (Å²) in [5.74, 6) is 0.696. The summed E-state index contributed by atoms with van der Waals surface area (Å²) in [7, 11) is 1.73. The minimum atomic E-state index is -0.0432. The van der Waals surface area contributed by atoms with Crippen LogP contribution in [0.25, 0.3) is 0 Å². The van der Waals surface area contributed by atoms with Gasteiger partial charge in [0.15, 0.2) is 5.96 Å². The van der Waals surface area contributed by atoms with Crippen molar-refractivity contribution in [3.63, 3.8) is 0 Å². The van der Waals surface area contributed by atoms with Crippen molar-refractivity contribution in [1.29, 1.82) is 0 Å². The van der Waals surface area contributed by atoms with Gasteiger partial charge in [-0.1, -0.05) is 39.8 Å². The lowest BCUT2D eigenvalue weighted by atomic mass is 9.89. The molecule has 0 bridgehead atoms. The van der Waals surface area contributed by atoms with Gasteiger partial charge in [0.1, 0.15) is 0 Å². The van der Waals surface area contributed by atoms with E-state index in [1.165, 1.54) is 0 Å². The topological polar surface area (TPSA) is 74.8 Å². The first-order valence-electron chi connectivity index (χ1n) is 10.2. The lowest BCUT2D eigenvalue weighted by Gasteiger charge is -2.30. The van der Waals surface area contributed by atoms with E-state index in [0.29, 0.717) is 18.7 Å². The molecule has 0 heterocycles. The van der Waals surface area contributed by atoms with Crippen LogP contribution >= 0.6 is 24.0 Å². The van der Waals surface area contributed by atoms with Gasteiger partial charge < -0.3 is 20.7 Å². The molecule has 1 aromatic carbocycles. The number of halogens is 1. The van der Waals surface area contributed by atoms with E-state index in [1.807, 2.05) is 38.1 Å². The molecule has 0 radical (unpaired) electrons. The Labute approximate surface area is 193 Å². The number of hydrogen-bond acceptors (Lipinski definition) is 3. The number of nitrogens with one attached hydrogen (secondary N) is 3. The van der Waals surface area contributed by atoms with Crippen LogP contribution in [-0.4, -0.2) is 44.2 Å². The standard InChI is InChI=1S/C22H38N4O2.HI/c1-8-16(3)26-20(27)18-12-10-11-17(13-18)14-24-21(23-9-2)25-15-19(28-7)22(4,5)6;/h10-13,16,19H,8-9,14-15H2,1-7H3,(H,26,27)(H2,23,24,25);1H. The van der Waals surface area contributed by atoms with Gasteiger partial charge in [-0.3, -0.25) is 4.79 Å². The maximum atomic E-state index is 12.3. The van der Waals surface area contributed by atoms with Crippen LogP contribution in [0.1, 0.15) is 63.9 Å². The fourth-order valence-corrected chi connectivity index (χ4v) is 2.66. The Bertz CT molecular complexity index is 644. The van der Waals surface area contributed by atoms with Crippen LogP contribution in [0.5, 0.6) is 0 Å². The molecule has 0 saturated heterocycles. The molecule has 2 unspecified atom stereocenters. The SMILES string of the molecule is CCNC(=NCc1cccc(C(=O)NC(C)CC)c1)NCC(OC)C(C)(C)C.I. The van der Waals surface area contributed by atoms with Crippen molar-refractivity contribution in [3.05, 3.63) is 35.4 Å². The number of guanidine groups is 1. The fourth-order valence-electron chi connectivity index (χ4n) is 2.66. The van der Waals surface area contributed by atoms with Crippen molar-refractivity contribution in [2.24, 2.45) is 10.4 Å². The predicted octanol–water partition coefficient (Wildman–Crippen LogP) is 3.95. The zero-order valence-electron chi connectivity index (χ0n) is 19.0. The Kier molecular flexibility index (Phi) is 13.2. The van der Waals surface area contributed by atoms with E-state index in [2.05, 4.69) is 48.6 Å². The average Bonchev–Trinajstić information content (AvgIpc) is 2.65. The summed E-state index contributed by atoms with van der Waals surface area (Å²) in [5.41, 5.74) is 1.70. The molecule has 0 aromatic heterocycles. The Morgan fingerprint density at radius 3 is 2.45 bits per heavy atom. The molecule has 1 rings (SSSR count). The third-order valence-electron chi connectivity index (χ3n) is 4.65. The molecule has 0 aliphatic rings. The van der Waals surface area contributed by atoms with Crippen molar-refractivity contribution < 1.29 is 9.53 Å². The van der Waals surface area contributed by atoms with Crippen LogP contribution < -0.4 is 16.0 Å². The number of nitrogens with zero attached hydrogens (tertiary/aromatic N) is 1. The van der Waals surface area contributed by atoms with E-state index in [1.54, 1.807) is 7.11 Å². The van der Waals surface area contributed by atoms with Gasteiger partial charge in [0.25, 0.3) is 5.91 Å². The molecule has 0 saturated carbocycles. The molecule has 166 valence electrons. The second-order valence-corrected chi connectivity index (χ2v) is 8.15. The number of aliphatic imine (C=N–C) groups is 1. The Balaban J connectivity index is 0.00000784. The van der Waals surface area contributed by atoms with Gasteiger partial charge in [0, 0.05) is 31.8 Å². The van der Waals surface area contributed by atoms with Crippen LogP contribution in [0, 0.1) is 5.41 Å². The van der Waals surface area contributed by atoms with Crippen LogP contribution in [-0.2, 0) is 11.3 Å². The number of carbonyl (C=O) groups excluding carboxylic acids is 1. The van der Waals surface area contributed by atoms with E-state index >= 15 is 0 Å². The summed E-state index contributed by atoms with van der Waals surface area (Å²) in [6.07, 6.45) is 0.980. The molecule has 3 N–H and O–H groups in total. The quantitative estimate of drug-likeness (QED) is 0.263. The Morgan fingerprint density at radius 2 is 1.90 bits per heavy atom. The third kappa shape index (κ3) is 10.3. The molecule has 7 heteroatoms. The number of amides is 1. The number of benzene rings is 1. The smallest absolute Gasteiger partial charge is 0.251 e.